The predicted molar refractivity (Wildman–Crippen MR) is 125 cm³/mol. The van der Waals surface area contributed by atoms with E-state index in [0.717, 1.165) is 22.3 Å². The van der Waals surface area contributed by atoms with Gasteiger partial charge in [0.25, 0.3) is 0 Å². The lowest BCUT2D eigenvalue weighted by Crippen LogP contribution is -2.50. The van der Waals surface area contributed by atoms with Crippen molar-refractivity contribution < 1.29 is 14.0 Å². The fraction of sp³-hybridized carbons (Fsp3) is 0.259. The number of carbonyl (C=O) groups excluding carboxylic acids is 2. The fourth-order valence-electron chi connectivity index (χ4n) is 3.98. The van der Waals surface area contributed by atoms with Crippen LogP contribution in [0.25, 0.3) is 0 Å². The second-order valence-corrected chi connectivity index (χ2v) is 8.11. The Morgan fingerprint density at radius 3 is 2.16 bits per heavy atom. The third-order valence-corrected chi connectivity index (χ3v) is 5.45. The number of hydrogen-bond acceptors (Lipinski definition) is 2. The van der Waals surface area contributed by atoms with Gasteiger partial charge in [0, 0.05) is 25.6 Å². The number of nitrogens with one attached hydrogen (secondary N) is 1. The summed E-state index contributed by atoms with van der Waals surface area (Å²) in [7, 11) is 1.55. The van der Waals surface area contributed by atoms with Crippen LogP contribution in [0.2, 0.25) is 0 Å². The molecule has 0 saturated heterocycles. The Kier molecular flexibility index (Phi) is 7.77. The smallest absolute Gasteiger partial charge is 0.242 e. The average molecular weight is 433 g/mol. The number of amides is 2. The molecule has 0 radical (unpaired) electrons. The Labute approximate surface area is 189 Å². The molecule has 4 nitrogen and oxygen atoms in total. The van der Waals surface area contributed by atoms with Crippen LogP contribution in [0.3, 0.4) is 0 Å². The first kappa shape index (κ1) is 23.2. The molecule has 5 heteroatoms. The maximum atomic E-state index is 14.5. The molecule has 0 aliphatic carbocycles. The van der Waals surface area contributed by atoms with Gasteiger partial charge in [0.2, 0.25) is 11.8 Å². The molecule has 0 fully saturated rings. The molecule has 0 saturated carbocycles. The number of benzene rings is 3. The van der Waals surface area contributed by atoms with Gasteiger partial charge < -0.3 is 10.2 Å². The van der Waals surface area contributed by atoms with Gasteiger partial charge >= 0.3 is 0 Å². The van der Waals surface area contributed by atoms with E-state index in [0.29, 0.717) is 12.0 Å². The molecule has 0 aromatic heterocycles. The number of rotatable bonds is 8. The zero-order valence-electron chi connectivity index (χ0n) is 18.8. The van der Waals surface area contributed by atoms with E-state index in [4.69, 9.17) is 0 Å². The van der Waals surface area contributed by atoms with Crippen LogP contribution < -0.4 is 5.32 Å². The van der Waals surface area contributed by atoms with Gasteiger partial charge in [0.05, 0.1) is 6.42 Å². The lowest BCUT2D eigenvalue weighted by Gasteiger charge is -2.31. The third kappa shape index (κ3) is 6.03. The van der Waals surface area contributed by atoms with Gasteiger partial charge in [-0.05, 0) is 31.0 Å². The Bertz CT molecular complexity index is 1060. The number of hydrogen-bond donors (Lipinski definition) is 1. The summed E-state index contributed by atoms with van der Waals surface area (Å²) in [5.41, 5.74) is 4.32. The molecule has 0 bridgehead atoms. The van der Waals surface area contributed by atoms with Crippen molar-refractivity contribution in [1.29, 1.82) is 0 Å². The zero-order valence-corrected chi connectivity index (χ0v) is 18.8. The van der Waals surface area contributed by atoms with E-state index in [1.54, 1.807) is 25.2 Å². The quantitative estimate of drug-likeness (QED) is 0.575. The van der Waals surface area contributed by atoms with Gasteiger partial charge in [-0.1, -0.05) is 77.9 Å². The van der Waals surface area contributed by atoms with Crippen molar-refractivity contribution >= 4 is 11.8 Å². The molecular formula is C27H29FN2O2. The van der Waals surface area contributed by atoms with E-state index in [9.17, 15) is 14.0 Å². The molecule has 1 unspecified atom stereocenters. The van der Waals surface area contributed by atoms with E-state index in [1.165, 1.54) is 11.0 Å². The van der Waals surface area contributed by atoms with Crippen LogP contribution in [-0.2, 0) is 29.0 Å². The van der Waals surface area contributed by atoms with E-state index in [2.05, 4.69) is 5.32 Å². The number of halogens is 1. The van der Waals surface area contributed by atoms with Gasteiger partial charge in [0.1, 0.15) is 11.9 Å². The van der Waals surface area contributed by atoms with Crippen LogP contribution in [-0.4, -0.2) is 29.8 Å². The van der Waals surface area contributed by atoms with Gasteiger partial charge in [0.15, 0.2) is 0 Å². The molecule has 1 atom stereocenters. The number of likely N-dealkylation sites (N-methyl/N-ethyl adjacent to an activating group) is 1. The molecule has 3 aromatic rings. The lowest BCUT2D eigenvalue weighted by atomic mass is 10.0. The predicted octanol–water partition coefficient (Wildman–Crippen LogP) is 4.37. The summed E-state index contributed by atoms with van der Waals surface area (Å²) in [5, 5.41) is 2.68. The molecule has 3 aromatic carbocycles. The Morgan fingerprint density at radius 1 is 0.906 bits per heavy atom. The minimum absolute atomic E-state index is 0.0151. The van der Waals surface area contributed by atoms with Crippen molar-refractivity contribution in [3.63, 3.8) is 0 Å². The Morgan fingerprint density at radius 2 is 1.53 bits per heavy atom. The van der Waals surface area contributed by atoms with Crippen LogP contribution in [0.5, 0.6) is 0 Å². The molecule has 0 aliphatic heterocycles. The van der Waals surface area contributed by atoms with Crippen LogP contribution >= 0.6 is 0 Å². The topological polar surface area (TPSA) is 49.4 Å². The molecule has 1 N–H and O–H groups in total. The van der Waals surface area contributed by atoms with Crippen molar-refractivity contribution in [2.45, 2.75) is 39.3 Å². The molecule has 0 aliphatic rings. The monoisotopic (exact) mass is 432 g/mol. The fourth-order valence-corrected chi connectivity index (χ4v) is 3.98. The summed E-state index contributed by atoms with van der Waals surface area (Å²) in [4.78, 5) is 27.9. The van der Waals surface area contributed by atoms with Gasteiger partial charge in [-0.2, -0.15) is 0 Å². The van der Waals surface area contributed by atoms with Crippen molar-refractivity contribution in [2.75, 3.05) is 7.05 Å². The average Bonchev–Trinajstić information content (AvgIpc) is 2.76. The van der Waals surface area contributed by atoms with E-state index < -0.39 is 11.9 Å². The number of nitrogens with zero attached hydrogens (tertiary/aromatic N) is 1. The van der Waals surface area contributed by atoms with E-state index in [1.807, 2.05) is 62.4 Å². The molecule has 3 rings (SSSR count). The molecular weight excluding hydrogens is 403 g/mol. The summed E-state index contributed by atoms with van der Waals surface area (Å²) in [5.74, 6) is -0.895. The van der Waals surface area contributed by atoms with Gasteiger partial charge in [-0.25, -0.2) is 4.39 Å². The lowest BCUT2D eigenvalue weighted by molar-refractivity contribution is -0.140. The van der Waals surface area contributed by atoms with Crippen molar-refractivity contribution in [2.24, 2.45) is 0 Å². The first-order chi connectivity index (χ1) is 15.4. The summed E-state index contributed by atoms with van der Waals surface area (Å²) in [6.07, 6.45) is 0.479. The van der Waals surface area contributed by atoms with Gasteiger partial charge in [-0.3, -0.25) is 9.59 Å². The van der Waals surface area contributed by atoms with E-state index >= 15 is 0 Å². The Hall–Kier alpha value is -3.47. The SMILES string of the molecule is CNC(=O)C(Cc1ccccc1)N(Cc1ccccc1F)C(=O)Cc1cc(C)cc(C)c1. The third-order valence-electron chi connectivity index (χ3n) is 5.45. The van der Waals surface area contributed by atoms with E-state index in [-0.39, 0.29) is 24.8 Å². The van der Waals surface area contributed by atoms with Crippen LogP contribution in [0.1, 0.15) is 27.8 Å². The van der Waals surface area contributed by atoms with Crippen LogP contribution in [0, 0.1) is 19.7 Å². The maximum Gasteiger partial charge on any atom is 0.242 e. The van der Waals surface area contributed by atoms with Crippen LogP contribution in [0.15, 0.2) is 72.8 Å². The zero-order chi connectivity index (χ0) is 23.1. The highest BCUT2D eigenvalue weighted by Gasteiger charge is 2.30. The summed E-state index contributed by atoms with van der Waals surface area (Å²) in [6, 6.07) is 21.1. The largest absolute Gasteiger partial charge is 0.357 e. The molecule has 166 valence electrons. The molecule has 2 amide bonds. The Balaban J connectivity index is 1.97. The summed E-state index contributed by atoms with van der Waals surface area (Å²) < 4.78 is 14.5. The highest BCUT2D eigenvalue weighted by molar-refractivity contribution is 5.88. The maximum absolute atomic E-state index is 14.5. The van der Waals surface area contributed by atoms with Gasteiger partial charge in [-0.15, -0.1) is 0 Å². The first-order valence-corrected chi connectivity index (χ1v) is 10.7. The van der Waals surface area contributed by atoms with Crippen LogP contribution in [0.4, 0.5) is 4.39 Å². The second-order valence-electron chi connectivity index (χ2n) is 8.11. The number of carbonyl (C=O) groups is 2. The summed E-state index contributed by atoms with van der Waals surface area (Å²) in [6.45, 7) is 3.99. The first-order valence-electron chi connectivity index (χ1n) is 10.7. The molecule has 0 spiro atoms. The molecule has 32 heavy (non-hydrogen) atoms. The highest BCUT2D eigenvalue weighted by Crippen LogP contribution is 2.19. The second kappa shape index (κ2) is 10.7. The highest BCUT2D eigenvalue weighted by atomic mass is 19.1. The van der Waals surface area contributed by atoms with Crippen molar-refractivity contribution in [3.05, 3.63) is 106 Å². The van der Waals surface area contributed by atoms with Crippen molar-refractivity contribution in [3.8, 4) is 0 Å². The number of aryl methyl sites for hydroxylation is 2. The summed E-state index contributed by atoms with van der Waals surface area (Å²) >= 11 is 0. The molecule has 0 heterocycles. The standard InChI is InChI=1S/C27H29FN2O2/c1-19-13-20(2)15-22(14-19)17-26(31)30(18-23-11-7-8-12-24(23)28)25(27(32)29-3)16-21-9-5-4-6-10-21/h4-15,25H,16-18H2,1-3H3,(H,29,32). The minimum atomic E-state index is -0.764. The van der Waals surface area contributed by atoms with Crippen molar-refractivity contribution in [1.82, 2.24) is 10.2 Å². The minimum Gasteiger partial charge on any atom is -0.357 e. The normalized spacial score (nSPS) is 11.6.